The van der Waals surface area contributed by atoms with E-state index >= 15 is 0 Å². The number of sulfonamides is 1. The number of ketones is 1. The summed E-state index contributed by atoms with van der Waals surface area (Å²) in [5.74, 6) is 1.62. The first-order valence-corrected chi connectivity index (χ1v) is 11.8. The van der Waals surface area contributed by atoms with Crippen LogP contribution in [0.1, 0.15) is 30.6 Å². The van der Waals surface area contributed by atoms with Crippen LogP contribution in [-0.4, -0.2) is 52.4 Å². The number of nitrogens with zero attached hydrogens (tertiary/aromatic N) is 1. The maximum Gasteiger partial charge on any atom is 0.243 e. The third kappa shape index (κ3) is 5.37. The van der Waals surface area contributed by atoms with Crippen molar-refractivity contribution in [3.63, 3.8) is 0 Å². The van der Waals surface area contributed by atoms with Crippen LogP contribution in [0.25, 0.3) is 0 Å². The highest BCUT2D eigenvalue weighted by Gasteiger charge is 2.31. The number of Topliss-reactive ketones (excluding diaryl/α,β-unsaturated/α-hetero) is 1. The molecule has 8 heteroatoms. The Morgan fingerprint density at radius 1 is 1.06 bits per heavy atom. The lowest BCUT2D eigenvalue weighted by atomic mass is 9.94. The lowest BCUT2D eigenvalue weighted by Gasteiger charge is -2.34. The Labute approximate surface area is 184 Å². The van der Waals surface area contributed by atoms with Crippen LogP contribution in [0, 0.1) is 11.8 Å². The van der Waals surface area contributed by atoms with Gasteiger partial charge in [0.05, 0.1) is 31.3 Å². The molecule has 1 heterocycles. The predicted molar refractivity (Wildman–Crippen MR) is 121 cm³/mol. The maximum atomic E-state index is 13.2. The molecule has 0 saturated carbocycles. The summed E-state index contributed by atoms with van der Waals surface area (Å²) in [4.78, 5) is 12.9. The van der Waals surface area contributed by atoms with E-state index in [4.69, 9.17) is 9.47 Å². The van der Waals surface area contributed by atoms with Crippen molar-refractivity contribution in [2.45, 2.75) is 25.2 Å². The lowest BCUT2D eigenvalue weighted by Crippen LogP contribution is -2.42. The number of nitrogens with one attached hydrogen (secondary N) is 1. The number of hydrogen-bond acceptors (Lipinski definition) is 6. The molecule has 2 unspecified atom stereocenters. The minimum absolute atomic E-state index is 0.00912. The Kier molecular flexibility index (Phi) is 7.23. The average Bonchev–Trinajstić information content (AvgIpc) is 2.76. The molecule has 1 aliphatic rings. The number of hydrogen-bond donors (Lipinski definition) is 1. The molecule has 168 valence electrons. The van der Waals surface area contributed by atoms with Gasteiger partial charge in [0.2, 0.25) is 10.0 Å². The van der Waals surface area contributed by atoms with E-state index in [-0.39, 0.29) is 17.2 Å². The summed E-state index contributed by atoms with van der Waals surface area (Å²) in [6, 6.07) is 11.5. The molecule has 2 aromatic carbocycles. The number of carbonyl (C=O) groups is 1. The number of benzene rings is 2. The van der Waals surface area contributed by atoms with Crippen LogP contribution in [0.5, 0.6) is 11.5 Å². The fourth-order valence-corrected chi connectivity index (χ4v) is 5.74. The van der Waals surface area contributed by atoms with Crippen molar-refractivity contribution >= 4 is 21.5 Å². The van der Waals surface area contributed by atoms with Crippen molar-refractivity contribution in [1.29, 1.82) is 0 Å². The van der Waals surface area contributed by atoms with Gasteiger partial charge in [-0.1, -0.05) is 26.0 Å². The summed E-state index contributed by atoms with van der Waals surface area (Å²) in [5, 5.41) is 3.06. The van der Waals surface area contributed by atoms with Gasteiger partial charge in [0.25, 0.3) is 0 Å². The predicted octanol–water partition coefficient (Wildman–Crippen LogP) is 3.67. The number of ether oxygens (including phenoxy) is 2. The van der Waals surface area contributed by atoms with Crippen LogP contribution < -0.4 is 14.8 Å². The van der Waals surface area contributed by atoms with E-state index in [1.54, 1.807) is 50.6 Å². The molecule has 0 bridgehead atoms. The Morgan fingerprint density at radius 2 is 1.77 bits per heavy atom. The SMILES string of the molecule is COc1ccc(OC)c(NCC(=O)c2cccc(S(=O)(=O)N3CC(C)CC(C)C3)c2)c1. The minimum atomic E-state index is -3.65. The normalized spacial score (nSPS) is 19.6. The quantitative estimate of drug-likeness (QED) is 0.623. The summed E-state index contributed by atoms with van der Waals surface area (Å²) < 4.78 is 38.4. The topological polar surface area (TPSA) is 84.9 Å². The van der Waals surface area contributed by atoms with Gasteiger partial charge in [-0.05, 0) is 42.5 Å². The van der Waals surface area contributed by atoms with Crippen molar-refractivity contribution in [3.8, 4) is 11.5 Å². The van der Waals surface area contributed by atoms with Crippen molar-refractivity contribution in [3.05, 3.63) is 48.0 Å². The highest BCUT2D eigenvalue weighted by atomic mass is 32.2. The largest absolute Gasteiger partial charge is 0.497 e. The molecule has 2 atom stereocenters. The molecule has 0 aromatic heterocycles. The minimum Gasteiger partial charge on any atom is -0.497 e. The number of rotatable bonds is 8. The second-order valence-corrected chi connectivity index (χ2v) is 10.1. The molecule has 1 aliphatic heterocycles. The molecular formula is C23H30N2O5S. The summed E-state index contributed by atoms with van der Waals surface area (Å²) in [6.45, 7) is 5.13. The molecule has 7 nitrogen and oxygen atoms in total. The monoisotopic (exact) mass is 446 g/mol. The van der Waals surface area contributed by atoms with E-state index in [0.717, 1.165) is 6.42 Å². The van der Waals surface area contributed by atoms with Crippen molar-refractivity contribution in [2.24, 2.45) is 11.8 Å². The molecule has 1 saturated heterocycles. The Bertz CT molecular complexity index is 1030. The van der Waals surface area contributed by atoms with Gasteiger partial charge in [-0.3, -0.25) is 4.79 Å². The number of anilines is 1. The first-order chi connectivity index (χ1) is 14.7. The first kappa shape index (κ1) is 23.1. The van der Waals surface area contributed by atoms with Crippen LogP contribution in [0.2, 0.25) is 0 Å². The van der Waals surface area contributed by atoms with Gasteiger partial charge in [-0.25, -0.2) is 8.42 Å². The zero-order valence-electron chi connectivity index (χ0n) is 18.4. The van der Waals surface area contributed by atoms with Gasteiger partial charge in [0.15, 0.2) is 5.78 Å². The first-order valence-electron chi connectivity index (χ1n) is 10.3. The summed E-state index contributed by atoms with van der Waals surface area (Å²) >= 11 is 0. The Morgan fingerprint density at radius 3 is 2.42 bits per heavy atom. The van der Waals surface area contributed by atoms with Crippen LogP contribution in [0.15, 0.2) is 47.4 Å². The van der Waals surface area contributed by atoms with Crippen molar-refractivity contribution < 1.29 is 22.7 Å². The van der Waals surface area contributed by atoms with E-state index < -0.39 is 10.0 Å². The van der Waals surface area contributed by atoms with E-state index in [1.807, 2.05) is 0 Å². The van der Waals surface area contributed by atoms with Crippen molar-refractivity contribution in [2.75, 3.05) is 39.2 Å². The van der Waals surface area contributed by atoms with Gasteiger partial charge in [0, 0.05) is 24.7 Å². The van der Waals surface area contributed by atoms with Crippen LogP contribution in [-0.2, 0) is 10.0 Å². The van der Waals surface area contributed by atoms with Gasteiger partial charge in [-0.15, -0.1) is 0 Å². The second-order valence-electron chi connectivity index (χ2n) is 8.14. The van der Waals surface area contributed by atoms with Crippen LogP contribution in [0.3, 0.4) is 0 Å². The Hall–Kier alpha value is -2.58. The molecule has 3 rings (SSSR count). The molecule has 0 spiro atoms. The zero-order valence-corrected chi connectivity index (χ0v) is 19.2. The maximum absolute atomic E-state index is 13.2. The standard InChI is InChI=1S/C23H30N2O5S/c1-16-10-17(2)15-25(14-16)31(27,28)20-7-5-6-18(11-20)22(26)13-24-21-12-19(29-3)8-9-23(21)30-4/h5-9,11-12,16-17,24H,10,13-15H2,1-4H3. The van der Waals surface area contributed by atoms with E-state index in [0.29, 0.717) is 47.7 Å². The molecule has 2 aromatic rings. The number of piperidine rings is 1. The van der Waals surface area contributed by atoms with Gasteiger partial charge in [0.1, 0.15) is 11.5 Å². The smallest absolute Gasteiger partial charge is 0.243 e. The third-order valence-electron chi connectivity index (χ3n) is 5.48. The lowest BCUT2D eigenvalue weighted by molar-refractivity contribution is 0.101. The second kappa shape index (κ2) is 9.70. The van der Waals surface area contributed by atoms with E-state index in [2.05, 4.69) is 19.2 Å². The molecule has 0 aliphatic carbocycles. The van der Waals surface area contributed by atoms with Gasteiger partial charge >= 0.3 is 0 Å². The fourth-order valence-electron chi connectivity index (χ4n) is 4.01. The molecule has 1 N–H and O–H groups in total. The van der Waals surface area contributed by atoms with Crippen LogP contribution in [0.4, 0.5) is 5.69 Å². The third-order valence-corrected chi connectivity index (χ3v) is 7.30. The molecule has 1 fully saturated rings. The van der Waals surface area contributed by atoms with Gasteiger partial charge in [-0.2, -0.15) is 4.31 Å². The summed E-state index contributed by atoms with van der Waals surface area (Å²) in [6.07, 6.45) is 1.02. The highest BCUT2D eigenvalue weighted by Crippen LogP contribution is 2.29. The van der Waals surface area contributed by atoms with Crippen molar-refractivity contribution in [1.82, 2.24) is 4.31 Å². The highest BCUT2D eigenvalue weighted by molar-refractivity contribution is 7.89. The fraction of sp³-hybridized carbons (Fsp3) is 0.435. The summed E-state index contributed by atoms with van der Waals surface area (Å²) in [5.41, 5.74) is 0.962. The number of carbonyl (C=O) groups excluding carboxylic acids is 1. The van der Waals surface area contributed by atoms with E-state index in [9.17, 15) is 13.2 Å². The summed E-state index contributed by atoms with van der Waals surface area (Å²) in [7, 11) is -0.537. The zero-order chi connectivity index (χ0) is 22.6. The number of methoxy groups -OCH3 is 2. The Balaban J connectivity index is 1.76. The molecule has 0 amide bonds. The molecular weight excluding hydrogens is 416 g/mol. The molecule has 0 radical (unpaired) electrons. The molecule has 31 heavy (non-hydrogen) atoms. The average molecular weight is 447 g/mol. The van der Waals surface area contributed by atoms with E-state index in [1.165, 1.54) is 10.4 Å². The van der Waals surface area contributed by atoms with Crippen LogP contribution >= 0.6 is 0 Å². The van der Waals surface area contributed by atoms with Gasteiger partial charge < -0.3 is 14.8 Å².